The van der Waals surface area contributed by atoms with Crippen molar-refractivity contribution in [3.63, 3.8) is 0 Å². The van der Waals surface area contributed by atoms with Crippen molar-refractivity contribution < 1.29 is 0 Å². The van der Waals surface area contributed by atoms with Gasteiger partial charge in [0, 0.05) is 7.05 Å². The molecule has 0 rings (SSSR count). The van der Waals surface area contributed by atoms with Crippen LogP contribution in [0, 0.1) is 0 Å². The highest BCUT2D eigenvalue weighted by atomic mass is 14.7. The normalized spacial score (nSPS) is 13.0. The first-order chi connectivity index (χ1) is 4.74. The Hall–Kier alpha value is -1.11. The molecule has 0 aliphatic carbocycles. The van der Waals surface area contributed by atoms with Gasteiger partial charge in [-0.05, 0) is 24.6 Å². The molecule has 10 heavy (non-hydrogen) atoms. The van der Waals surface area contributed by atoms with Gasteiger partial charge >= 0.3 is 0 Å². The molecule has 0 aliphatic rings. The molecular weight excluding hydrogens is 122 g/mol. The highest BCUT2D eigenvalue weighted by molar-refractivity contribution is 6.04. The van der Waals surface area contributed by atoms with Crippen molar-refractivity contribution in [3.8, 4) is 0 Å². The number of hydrogen-bond donors (Lipinski definition) is 0. The Bertz CT molecular complexity index is 185. The van der Waals surface area contributed by atoms with Crippen molar-refractivity contribution in [3.05, 3.63) is 37.0 Å². The fraction of sp³-hybridized carbons (Fsp3) is 0.222. The van der Waals surface area contributed by atoms with Gasteiger partial charge in [-0.25, -0.2) is 0 Å². The topological polar surface area (TPSA) is 12.4 Å². The fourth-order valence-electron chi connectivity index (χ4n) is 0.507. The minimum atomic E-state index is 0.886. The molecule has 54 valence electrons. The van der Waals surface area contributed by atoms with Crippen LogP contribution in [0.3, 0.4) is 0 Å². The van der Waals surface area contributed by atoms with Gasteiger partial charge in [0.2, 0.25) is 0 Å². The summed E-state index contributed by atoms with van der Waals surface area (Å²) < 4.78 is 0. The molecule has 0 spiro atoms. The molecule has 0 N–H and O–H groups in total. The summed E-state index contributed by atoms with van der Waals surface area (Å²) in [5.74, 6) is 0. The lowest BCUT2D eigenvalue weighted by Gasteiger charge is -1.91. The van der Waals surface area contributed by atoms with Crippen molar-refractivity contribution in [2.24, 2.45) is 4.99 Å². The molecule has 0 aromatic heterocycles. The Labute approximate surface area is 62.5 Å². The fourth-order valence-corrected chi connectivity index (χ4v) is 0.507. The van der Waals surface area contributed by atoms with Gasteiger partial charge in [-0.2, -0.15) is 0 Å². The van der Waals surface area contributed by atoms with Crippen LogP contribution in [0.1, 0.15) is 6.92 Å². The Morgan fingerprint density at radius 3 is 2.20 bits per heavy atom. The monoisotopic (exact) mass is 135 g/mol. The van der Waals surface area contributed by atoms with E-state index in [2.05, 4.69) is 18.2 Å². The van der Waals surface area contributed by atoms with Gasteiger partial charge in [0.1, 0.15) is 0 Å². The summed E-state index contributed by atoms with van der Waals surface area (Å²) >= 11 is 0. The average molecular weight is 135 g/mol. The largest absolute Gasteiger partial charge is 0.289 e. The van der Waals surface area contributed by atoms with Crippen molar-refractivity contribution >= 4 is 5.71 Å². The third-order valence-corrected chi connectivity index (χ3v) is 1.16. The van der Waals surface area contributed by atoms with Crippen LogP contribution in [0.25, 0.3) is 0 Å². The minimum Gasteiger partial charge on any atom is -0.289 e. The Morgan fingerprint density at radius 1 is 1.30 bits per heavy atom. The molecule has 0 amide bonds. The van der Waals surface area contributed by atoms with Crippen LogP contribution in [0.15, 0.2) is 42.0 Å². The molecule has 0 saturated carbocycles. The van der Waals surface area contributed by atoms with Crippen LogP contribution in [0.4, 0.5) is 0 Å². The second kappa shape index (κ2) is 4.74. The Morgan fingerprint density at radius 2 is 1.90 bits per heavy atom. The number of rotatable bonds is 3. The summed E-state index contributed by atoms with van der Waals surface area (Å²) in [5, 5.41) is 0. The zero-order valence-electron chi connectivity index (χ0n) is 6.59. The first-order valence-corrected chi connectivity index (χ1v) is 3.14. The smallest absolute Gasteiger partial charge is 0.0567 e. The molecule has 0 saturated heterocycles. The van der Waals surface area contributed by atoms with E-state index in [1.54, 1.807) is 19.2 Å². The minimum absolute atomic E-state index is 0.886. The summed E-state index contributed by atoms with van der Waals surface area (Å²) in [4.78, 5) is 3.97. The van der Waals surface area contributed by atoms with E-state index in [0.29, 0.717) is 0 Å². The van der Waals surface area contributed by atoms with Crippen molar-refractivity contribution in [2.75, 3.05) is 7.05 Å². The molecular formula is C9H13N. The molecule has 0 aromatic rings. The molecule has 0 unspecified atom stereocenters. The first-order valence-electron chi connectivity index (χ1n) is 3.14. The molecule has 0 atom stereocenters. The van der Waals surface area contributed by atoms with Gasteiger partial charge in [-0.3, -0.25) is 4.99 Å². The van der Waals surface area contributed by atoms with E-state index in [1.165, 1.54) is 0 Å². The molecule has 1 nitrogen and oxygen atoms in total. The van der Waals surface area contributed by atoms with Crippen LogP contribution in [-0.2, 0) is 0 Å². The SMILES string of the molecule is C=CC(/C=C(\C)C=C)=NC. The number of aliphatic imine (C=N–C) groups is 1. The van der Waals surface area contributed by atoms with E-state index in [0.717, 1.165) is 11.3 Å². The summed E-state index contributed by atoms with van der Waals surface area (Å²) in [5.41, 5.74) is 1.98. The number of allylic oxidation sites excluding steroid dienone is 4. The second-order valence-electron chi connectivity index (χ2n) is 1.95. The summed E-state index contributed by atoms with van der Waals surface area (Å²) in [7, 11) is 1.74. The van der Waals surface area contributed by atoms with Crippen LogP contribution >= 0.6 is 0 Å². The lowest BCUT2D eigenvalue weighted by molar-refractivity contribution is 1.44. The summed E-state index contributed by atoms with van der Waals surface area (Å²) in [6, 6.07) is 0. The maximum absolute atomic E-state index is 3.97. The van der Waals surface area contributed by atoms with E-state index in [1.807, 2.05) is 13.0 Å². The van der Waals surface area contributed by atoms with Crippen molar-refractivity contribution in [1.82, 2.24) is 0 Å². The highest BCUT2D eigenvalue weighted by Gasteiger charge is 1.84. The van der Waals surface area contributed by atoms with Crippen LogP contribution in [0.2, 0.25) is 0 Å². The maximum Gasteiger partial charge on any atom is 0.0567 e. The third-order valence-electron chi connectivity index (χ3n) is 1.16. The van der Waals surface area contributed by atoms with Crippen LogP contribution in [-0.4, -0.2) is 12.8 Å². The van der Waals surface area contributed by atoms with Gasteiger partial charge in [0.25, 0.3) is 0 Å². The van der Waals surface area contributed by atoms with E-state index in [-0.39, 0.29) is 0 Å². The molecule has 0 aromatic carbocycles. The maximum atomic E-state index is 3.97. The molecule has 0 bridgehead atoms. The molecule has 0 radical (unpaired) electrons. The van der Waals surface area contributed by atoms with Crippen LogP contribution in [0.5, 0.6) is 0 Å². The predicted molar refractivity (Wildman–Crippen MR) is 47.5 cm³/mol. The van der Waals surface area contributed by atoms with E-state index < -0.39 is 0 Å². The zero-order valence-corrected chi connectivity index (χ0v) is 6.59. The summed E-state index contributed by atoms with van der Waals surface area (Å²) in [6.45, 7) is 9.21. The van der Waals surface area contributed by atoms with Gasteiger partial charge in [0.05, 0.1) is 5.71 Å². The molecule has 0 fully saturated rings. The number of nitrogens with zero attached hydrogens (tertiary/aromatic N) is 1. The Balaban J connectivity index is 4.36. The molecule has 0 aliphatic heterocycles. The Kier molecular flexibility index (Phi) is 4.21. The van der Waals surface area contributed by atoms with Crippen LogP contribution < -0.4 is 0 Å². The van der Waals surface area contributed by atoms with Gasteiger partial charge < -0.3 is 0 Å². The van der Waals surface area contributed by atoms with Crippen molar-refractivity contribution in [2.45, 2.75) is 6.92 Å². The van der Waals surface area contributed by atoms with E-state index in [4.69, 9.17) is 0 Å². The zero-order chi connectivity index (χ0) is 7.98. The van der Waals surface area contributed by atoms with Crippen molar-refractivity contribution in [1.29, 1.82) is 0 Å². The number of hydrogen-bond acceptors (Lipinski definition) is 1. The lowest BCUT2D eigenvalue weighted by atomic mass is 10.2. The average Bonchev–Trinajstić information content (AvgIpc) is 1.99. The highest BCUT2D eigenvalue weighted by Crippen LogP contribution is 1.94. The van der Waals surface area contributed by atoms with Gasteiger partial charge in [-0.15, -0.1) is 0 Å². The summed E-state index contributed by atoms with van der Waals surface area (Å²) in [6.07, 6.45) is 5.43. The van der Waals surface area contributed by atoms with E-state index >= 15 is 0 Å². The van der Waals surface area contributed by atoms with Gasteiger partial charge in [0.15, 0.2) is 0 Å². The first kappa shape index (κ1) is 8.89. The third kappa shape index (κ3) is 3.02. The quantitative estimate of drug-likeness (QED) is 0.416. The predicted octanol–water partition coefficient (Wildman–Crippen LogP) is 2.38. The van der Waals surface area contributed by atoms with E-state index in [9.17, 15) is 0 Å². The molecule has 1 heteroatoms. The standard InChI is InChI=1S/C9H13N/c1-5-8(3)7-9(6-2)10-4/h5-7H,1-2H2,3-4H3/b8-7+,10-9?. The second-order valence-corrected chi connectivity index (χ2v) is 1.95. The molecule has 0 heterocycles. The lowest BCUT2D eigenvalue weighted by Crippen LogP contribution is -1.86. The van der Waals surface area contributed by atoms with Gasteiger partial charge in [-0.1, -0.05) is 19.2 Å².